The van der Waals surface area contributed by atoms with Gasteiger partial charge in [0.05, 0.1) is 6.10 Å². The zero-order chi connectivity index (χ0) is 63.6. The minimum absolute atomic E-state index is 0.0149. The third kappa shape index (κ3) is 27.4. The van der Waals surface area contributed by atoms with Crippen LogP contribution in [0.2, 0.25) is 0 Å². The topological polar surface area (TPSA) is 491 Å². The Hall–Kier alpha value is -6.89. The largest absolute Gasteiger partial charge is 0.396 e. The molecular weight excluding hydrogens is 1100 g/mol. The van der Waals surface area contributed by atoms with Gasteiger partial charge in [0, 0.05) is 26.0 Å². The van der Waals surface area contributed by atoms with Gasteiger partial charge in [-0.05, 0) is 115 Å². The van der Waals surface area contributed by atoms with Gasteiger partial charge in [-0.1, -0.05) is 77.3 Å². The molecule has 0 radical (unpaired) electrons. The van der Waals surface area contributed by atoms with Crippen LogP contribution in [0.25, 0.3) is 0 Å². The van der Waals surface area contributed by atoms with Crippen LogP contribution in [-0.4, -0.2) is 188 Å². The highest BCUT2D eigenvalue weighted by molar-refractivity contribution is 5.99. The average Bonchev–Trinajstić information content (AvgIpc) is 3.67. The van der Waals surface area contributed by atoms with Gasteiger partial charge in [-0.3, -0.25) is 52.7 Å². The van der Waals surface area contributed by atoms with Gasteiger partial charge < -0.3 is 97.4 Å². The first kappa shape index (κ1) is 74.2. The van der Waals surface area contributed by atoms with Crippen molar-refractivity contribution in [2.24, 2.45) is 40.5 Å². The van der Waals surface area contributed by atoms with Crippen molar-refractivity contribution in [3.8, 4) is 0 Å². The molecule has 23 N–H and O–H groups in total. The van der Waals surface area contributed by atoms with E-state index in [0.29, 0.717) is 17.9 Å². The first-order chi connectivity index (χ1) is 40.5. The van der Waals surface area contributed by atoms with Gasteiger partial charge in [0.15, 0.2) is 0 Å². The zero-order valence-corrected chi connectivity index (χ0v) is 50.0. The number of carbonyl (C=O) groups excluding carboxylic acids is 11. The van der Waals surface area contributed by atoms with E-state index < -0.39 is 151 Å². The van der Waals surface area contributed by atoms with Crippen molar-refractivity contribution in [3.63, 3.8) is 0 Å². The summed E-state index contributed by atoms with van der Waals surface area (Å²) < 4.78 is 0. The van der Waals surface area contributed by atoms with Crippen LogP contribution in [0.3, 0.4) is 0 Å². The molecule has 85 heavy (non-hydrogen) atoms. The van der Waals surface area contributed by atoms with E-state index in [1.54, 1.807) is 44.2 Å². The predicted octanol–water partition coefficient (Wildman–Crippen LogP) is -5.24. The fourth-order valence-electron chi connectivity index (χ4n) is 9.14. The van der Waals surface area contributed by atoms with E-state index in [1.807, 2.05) is 0 Å². The van der Waals surface area contributed by atoms with Crippen molar-refractivity contribution in [2.45, 2.75) is 191 Å². The summed E-state index contributed by atoms with van der Waals surface area (Å²) in [6.07, 6.45) is 0.278. The molecule has 1 aromatic carbocycles. The summed E-state index contributed by atoms with van der Waals surface area (Å²) in [5, 5.41) is 49.1. The molecule has 2 rings (SSSR count). The summed E-state index contributed by atoms with van der Waals surface area (Å²) in [5.41, 5.74) is 30.0. The van der Waals surface area contributed by atoms with Crippen LogP contribution in [0.4, 0.5) is 0 Å². The second-order valence-electron chi connectivity index (χ2n) is 21.9. The second kappa shape index (κ2) is 40.4. The van der Waals surface area contributed by atoms with Crippen molar-refractivity contribution >= 4 is 65.0 Å². The number of nitrogens with one attached hydrogen (secondary N) is 11. The molecular formula is C56H98N16O13. The maximum atomic E-state index is 14.5. The van der Waals surface area contributed by atoms with E-state index in [9.17, 15) is 63.0 Å². The summed E-state index contributed by atoms with van der Waals surface area (Å²) in [4.78, 5) is 154. The summed E-state index contributed by atoms with van der Waals surface area (Å²) >= 11 is 0. The number of carbonyl (C=O) groups is 11. The lowest BCUT2D eigenvalue weighted by Gasteiger charge is -2.29. The summed E-state index contributed by atoms with van der Waals surface area (Å²) in [6, 6.07) is -5.87. The number of rotatable bonds is 30. The number of hydrogen-bond acceptors (Lipinski definition) is 18. The fourth-order valence-corrected chi connectivity index (χ4v) is 9.14. The number of hydrogen-bond donors (Lipinski definition) is 18. The van der Waals surface area contributed by atoms with Gasteiger partial charge in [0.2, 0.25) is 65.0 Å². The summed E-state index contributed by atoms with van der Waals surface area (Å²) in [5.74, 6) is -9.20. The Morgan fingerprint density at radius 2 is 1.05 bits per heavy atom. The monoisotopic (exact) mass is 1200 g/mol. The lowest BCUT2D eigenvalue weighted by molar-refractivity contribution is -0.137. The first-order valence-electron chi connectivity index (χ1n) is 29.6. The van der Waals surface area contributed by atoms with Crippen molar-refractivity contribution in [2.75, 3.05) is 45.9 Å². The smallest absolute Gasteiger partial charge is 0.245 e. The number of unbranched alkanes of at least 4 members (excludes halogenated alkanes) is 1. The Bertz CT molecular complexity index is 2300. The number of aliphatic hydroxyl groups excluding tert-OH is 2. The van der Waals surface area contributed by atoms with Gasteiger partial charge >= 0.3 is 0 Å². The number of benzene rings is 1. The summed E-state index contributed by atoms with van der Waals surface area (Å²) in [6.45, 7) is 7.29. The SMILES string of the molecule is CCC(C)CCCCC(=O)NC(CCN)C(=O)NC(C(=O)NC(CCN)C(=O)NC1CCNC(=O)C(CCO)NC(=O)C(CCN)NC(=O)C(CCN)NC(=O)C(CC(C)C)NC(=O)C(Cc2ccccc2)NC(=O)C(CCN)NC1=O)C(C)O. The Morgan fingerprint density at radius 1 is 0.565 bits per heavy atom. The number of amides is 11. The Labute approximate surface area is 498 Å². The molecule has 1 fully saturated rings. The van der Waals surface area contributed by atoms with Gasteiger partial charge in [-0.15, -0.1) is 0 Å². The highest BCUT2D eigenvalue weighted by Crippen LogP contribution is 2.14. The molecule has 12 unspecified atom stereocenters. The van der Waals surface area contributed by atoms with Crippen LogP contribution in [0.1, 0.15) is 124 Å². The molecule has 0 spiro atoms. The van der Waals surface area contributed by atoms with Crippen molar-refractivity contribution in [1.29, 1.82) is 0 Å². The van der Waals surface area contributed by atoms with Crippen LogP contribution in [0, 0.1) is 11.8 Å². The minimum atomic E-state index is -1.70. The highest BCUT2D eigenvalue weighted by Gasteiger charge is 2.37. The molecule has 0 aromatic heterocycles. The molecule has 1 aliphatic rings. The standard InChI is InChI=1S/C56H98N16O13/c1-6-33(4)12-10-11-15-45(75)63-36(16-23-57)53(82)72-46(34(5)74)56(85)69-40(20-27-61)50(79)67-41-21-28-62-47(76)42(22-29-73)68-49(78)37(17-24-58)64-48(77)38(18-25-59)66-54(83)43(30-32(2)3)70-55(84)44(31-35-13-8-7-9-14-35)71-51(80)39(19-26-60)65-52(41)81/h7-9,13-14,32-34,36-44,46,73-74H,6,10-12,15-31,57-61H2,1-5H3,(H,62,76)(H,63,75)(H,64,77)(H,65,81)(H,66,83)(H,67,79)(H,68,78)(H,69,85)(H,70,84)(H,71,80)(H,72,82). The quantitative estimate of drug-likeness (QED) is 0.0320. The molecule has 1 aliphatic heterocycles. The Balaban J connectivity index is 2.67. The molecule has 29 heteroatoms. The molecule has 12 atom stereocenters. The third-order valence-corrected chi connectivity index (χ3v) is 14.2. The molecule has 1 aromatic rings. The van der Waals surface area contributed by atoms with Crippen molar-refractivity contribution in [1.82, 2.24) is 58.5 Å². The lowest BCUT2D eigenvalue weighted by atomic mass is 10.00. The average molecular weight is 1200 g/mol. The molecule has 0 saturated carbocycles. The van der Waals surface area contributed by atoms with Crippen LogP contribution < -0.4 is 87.2 Å². The van der Waals surface area contributed by atoms with E-state index in [4.69, 9.17) is 28.7 Å². The number of nitrogens with two attached hydrogens (primary N) is 5. The Morgan fingerprint density at radius 3 is 1.54 bits per heavy atom. The second-order valence-corrected chi connectivity index (χ2v) is 21.9. The predicted molar refractivity (Wildman–Crippen MR) is 316 cm³/mol. The van der Waals surface area contributed by atoms with Crippen molar-refractivity contribution < 1.29 is 63.0 Å². The normalized spacial score (nSPS) is 22.5. The first-order valence-corrected chi connectivity index (χ1v) is 29.6. The van der Waals surface area contributed by atoms with Crippen LogP contribution in [0.15, 0.2) is 30.3 Å². The van der Waals surface area contributed by atoms with Crippen LogP contribution in [-0.2, 0) is 59.2 Å². The summed E-state index contributed by atoms with van der Waals surface area (Å²) in [7, 11) is 0. The number of aliphatic hydroxyl groups is 2. The minimum Gasteiger partial charge on any atom is -0.396 e. The highest BCUT2D eigenvalue weighted by atomic mass is 16.3. The molecule has 1 heterocycles. The lowest BCUT2D eigenvalue weighted by Crippen LogP contribution is -2.62. The van der Waals surface area contributed by atoms with Gasteiger partial charge in [-0.25, -0.2) is 0 Å². The molecule has 29 nitrogen and oxygen atoms in total. The van der Waals surface area contributed by atoms with Gasteiger partial charge in [-0.2, -0.15) is 0 Å². The molecule has 0 aliphatic carbocycles. The zero-order valence-electron chi connectivity index (χ0n) is 50.0. The fraction of sp³-hybridized carbons (Fsp3) is 0.696. The van der Waals surface area contributed by atoms with Gasteiger partial charge in [0.25, 0.3) is 0 Å². The van der Waals surface area contributed by atoms with Crippen molar-refractivity contribution in [3.05, 3.63) is 35.9 Å². The maximum absolute atomic E-state index is 14.5. The molecule has 480 valence electrons. The van der Waals surface area contributed by atoms with E-state index >= 15 is 0 Å². The molecule has 11 amide bonds. The van der Waals surface area contributed by atoms with E-state index in [-0.39, 0.29) is 96.4 Å². The van der Waals surface area contributed by atoms with Gasteiger partial charge in [0.1, 0.15) is 60.4 Å². The maximum Gasteiger partial charge on any atom is 0.245 e. The van der Waals surface area contributed by atoms with E-state index in [0.717, 1.165) is 19.3 Å². The van der Waals surface area contributed by atoms with E-state index in [1.165, 1.54) is 6.92 Å². The molecule has 0 bridgehead atoms. The molecule has 1 saturated heterocycles. The third-order valence-electron chi connectivity index (χ3n) is 14.2. The van der Waals surface area contributed by atoms with E-state index in [2.05, 4.69) is 72.3 Å². The Kier molecular flexibility index (Phi) is 35.3. The van der Waals surface area contributed by atoms with Crippen LogP contribution in [0.5, 0.6) is 0 Å². The van der Waals surface area contributed by atoms with Crippen LogP contribution >= 0.6 is 0 Å².